The Kier molecular flexibility index (Phi) is 3.57. The highest BCUT2D eigenvalue weighted by Crippen LogP contribution is 2.30. The molecule has 0 amide bonds. The molecular formula is C13H10N4O3. The van der Waals surface area contributed by atoms with E-state index in [-0.39, 0.29) is 17.3 Å². The van der Waals surface area contributed by atoms with E-state index in [4.69, 9.17) is 10.00 Å². The van der Waals surface area contributed by atoms with Crippen LogP contribution in [-0.4, -0.2) is 14.9 Å². The van der Waals surface area contributed by atoms with Gasteiger partial charge in [-0.3, -0.25) is 10.1 Å². The van der Waals surface area contributed by atoms with Gasteiger partial charge in [-0.05, 0) is 25.5 Å². The van der Waals surface area contributed by atoms with E-state index in [0.29, 0.717) is 16.9 Å². The van der Waals surface area contributed by atoms with Crippen molar-refractivity contribution in [2.24, 2.45) is 0 Å². The Morgan fingerprint density at radius 3 is 2.60 bits per heavy atom. The fraction of sp³-hybridized carbons (Fsp3) is 0.154. The number of nitro benzene ring substituents is 1. The van der Waals surface area contributed by atoms with Gasteiger partial charge in [-0.25, -0.2) is 9.97 Å². The predicted octanol–water partition coefficient (Wildman–Crippen LogP) is 2.67. The zero-order valence-corrected chi connectivity index (χ0v) is 10.8. The molecule has 7 nitrogen and oxygen atoms in total. The highest BCUT2D eigenvalue weighted by molar-refractivity contribution is 5.50. The van der Waals surface area contributed by atoms with Gasteiger partial charge >= 0.3 is 0 Å². The largest absolute Gasteiger partial charge is 0.436 e. The third kappa shape index (κ3) is 2.54. The van der Waals surface area contributed by atoms with Crippen LogP contribution < -0.4 is 4.74 Å². The summed E-state index contributed by atoms with van der Waals surface area (Å²) in [4.78, 5) is 18.2. The number of nitro groups is 1. The summed E-state index contributed by atoms with van der Waals surface area (Å²) in [6.45, 7) is 3.30. The van der Waals surface area contributed by atoms with Crippen LogP contribution in [0.1, 0.15) is 16.8 Å². The first kappa shape index (κ1) is 13.4. The van der Waals surface area contributed by atoms with Gasteiger partial charge in [0.15, 0.2) is 0 Å². The summed E-state index contributed by atoms with van der Waals surface area (Å²) in [7, 11) is 0. The summed E-state index contributed by atoms with van der Waals surface area (Å²) < 4.78 is 5.53. The minimum absolute atomic E-state index is 0.0227. The Morgan fingerprint density at radius 2 is 1.95 bits per heavy atom. The molecule has 0 unspecified atom stereocenters. The predicted molar refractivity (Wildman–Crippen MR) is 69.4 cm³/mol. The third-order valence-electron chi connectivity index (χ3n) is 2.67. The second-order valence-corrected chi connectivity index (χ2v) is 4.09. The van der Waals surface area contributed by atoms with Crippen LogP contribution in [0.15, 0.2) is 24.5 Å². The van der Waals surface area contributed by atoms with E-state index in [1.165, 1.54) is 18.5 Å². The van der Waals surface area contributed by atoms with Crippen molar-refractivity contribution in [3.63, 3.8) is 0 Å². The average molecular weight is 270 g/mol. The lowest BCUT2D eigenvalue weighted by atomic mass is 10.1. The van der Waals surface area contributed by atoms with Gasteiger partial charge in [-0.15, -0.1) is 0 Å². The van der Waals surface area contributed by atoms with E-state index in [2.05, 4.69) is 9.97 Å². The van der Waals surface area contributed by atoms with Gasteiger partial charge in [-0.2, -0.15) is 5.26 Å². The van der Waals surface area contributed by atoms with Crippen LogP contribution in [0.2, 0.25) is 0 Å². The summed E-state index contributed by atoms with van der Waals surface area (Å²) in [5.74, 6) is 0.483. The minimum atomic E-state index is -0.449. The van der Waals surface area contributed by atoms with Gasteiger partial charge < -0.3 is 4.74 Å². The zero-order chi connectivity index (χ0) is 14.7. The van der Waals surface area contributed by atoms with Crippen molar-refractivity contribution in [3.8, 4) is 17.7 Å². The van der Waals surface area contributed by atoms with Crippen molar-refractivity contribution in [2.75, 3.05) is 0 Å². The molecule has 7 heteroatoms. The lowest BCUT2D eigenvalue weighted by Gasteiger charge is -2.09. The molecule has 0 aliphatic heterocycles. The number of aryl methyl sites for hydroxylation is 2. The highest BCUT2D eigenvalue weighted by atomic mass is 16.6. The molecule has 20 heavy (non-hydrogen) atoms. The molecule has 0 bridgehead atoms. The lowest BCUT2D eigenvalue weighted by Crippen LogP contribution is -1.98. The van der Waals surface area contributed by atoms with E-state index in [0.717, 1.165) is 0 Å². The number of nitriles is 1. The quantitative estimate of drug-likeness (QED) is 0.627. The maximum atomic E-state index is 10.8. The summed E-state index contributed by atoms with van der Waals surface area (Å²) in [5, 5.41) is 19.8. The molecule has 2 rings (SSSR count). The summed E-state index contributed by atoms with van der Waals surface area (Å²) in [6.07, 6.45) is 2.79. The standard InChI is InChI=1S/C13H10N4O3/c1-8-6-12(9(2)5-11(8)17(18)19)20-13-10(7-14)15-3-4-16-13/h3-6H,1-2H3. The first-order valence-corrected chi connectivity index (χ1v) is 5.67. The van der Waals surface area contributed by atoms with Crippen LogP contribution in [0.25, 0.3) is 0 Å². The average Bonchev–Trinajstić information content (AvgIpc) is 2.42. The van der Waals surface area contributed by atoms with Crippen molar-refractivity contribution in [1.29, 1.82) is 5.26 Å². The van der Waals surface area contributed by atoms with Crippen LogP contribution in [0.4, 0.5) is 5.69 Å². The number of benzene rings is 1. The molecular weight excluding hydrogens is 260 g/mol. The molecule has 0 radical (unpaired) electrons. The van der Waals surface area contributed by atoms with Crippen molar-refractivity contribution in [3.05, 3.63) is 51.5 Å². The van der Waals surface area contributed by atoms with Crippen molar-refractivity contribution in [1.82, 2.24) is 9.97 Å². The highest BCUT2D eigenvalue weighted by Gasteiger charge is 2.16. The number of aromatic nitrogens is 2. The number of hydrogen-bond donors (Lipinski definition) is 0. The Bertz CT molecular complexity index is 722. The molecule has 0 aliphatic rings. The van der Waals surface area contributed by atoms with Crippen molar-refractivity contribution < 1.29 is 9.66 Å². The molecule has 1 aromatic heterocycles. The summed E-state index contributed by atoms with van der Waals surface area (Å²) >= 11 is 0. The maximum absolute atomic E-state index is 10.8. The monoisotopic (exact) mass is 270 g/mol. The summed E-state index contributed by atoms with van der Waals surface area (Å²) in [5.41, 5.74) is 1.13. The van der Waals surface area contributed by atoms with Gasteiger partial charge in [-0.1, -0.05) is 0 Å². The molecule has 100 valence electrons. The van der Waals surface area contributed by atoms with Gasteiger partial charge in [0.05, 0.1) is 4.92 Å². The molecule has 0 N–H and O–H groups in total. The Hall–Kier alpha value is -3.01. The number of hydrogen-bond acceptors (Lipinski definition) is 6. The molecule has 0 atom stereocenters. The molecule has 0 saturated carbocycles. The third-order valence-corrected chi connectivity index (χ3v) is 2.67. The van der Waals surface area contributed by atoms with Gasteiger partial charge in [0.1, 0.15) is 11.8 Å². The van der Waals surface area contributed by atoms with Gasteiger partial charge in [0.2, 0.25) is 5.69 Å². The van der Waals surface area contributed by atoms with Crippen molar-refractivity contribution >= 4 is 5.69 Å². The van der Waals surface area contributed by atoms with E-state index >= 15 is 0 Å². The topological polar surface area (TPSA) is 102 Å². The van der Waals surface area contributed by atoms with Gasteiger partial charge in [0.25, 0.3) is 11.6 Å². The van der Waals surface area contributed by atoms with Crippen LogP contribution in [-0.2, 0) is 0 Å². The normalized spacial score (nSPS) is 9.85. The van der Waals surface area contributed by atoms with Crippen LogP contribution in [0.3, 0.4) is 0 Å². The van der Waals surface area contributed by atoms with E-state index < -0.39 is 4.92 Å². The summed E-state index contributed by atoms with van der Waals surface area (Å²) in [6, 6.07) is 4.84. The molecule has 0 aliphatic carbocycles. The SMILES string of the molecule is Cc1cc([N+](=O)[O-])c(C)cc1Oc1nccnc1C#N. The second-order valence-electron chi connectivity index (χ2n) is 4.09. The van der Waals surface area contributed by atoms with E-state index in [9.17, 15) is 10.1 Å². The molecule has 1 heterocycles. The van der Waals surface area contributed by atoms with Gasteiger partial charge in [0, 0.05) is 24.0 Å². The number of nitrogens with zero attached hydrogens (tertiary/aromatic N) is 4. The molecule has 2 aromatic rings. The molecule has 1 aromatic carbocycles. The van der Waals surface area contributed by atoms with Crippen LogP contribution >= 0.6 is 0 Å². The molecule has 0 spiro atoms. The number of rotatable bonds is 3. The lowest BCUT2D eigenvalue weighted by molar-refractivity contribution is -0.385. The Labute approximate surface area is 114 Å². The second kappa shape index (κ2) is 5.32. The zero-order valence-electron chi connectivity index (χ0n) is 10.8. The van der Waals surface area contributed by atoms with E-state index in [1.807, 2.05) is 6.07 Å². The van der Waals surface area contributed by atoms with Crippen LogP contribution in [0, 0.1) is 35.3 Å². The van der Waals surface area contributed by atoms with E-state index in [1.54, 1.807) is 19.9 Å². The van der Waals surface area contributed by atoms with Crippen LogP contribution in [0.5, 0.6) is 11.6 Å². The minimum Gasteiger partial charge on any atom is -0.436 e. The fourth-order valence-electron chi connectivity index (χ4n) is 1.66. The maximum Gasteiger partial charge on any atom is 0.272 e. The first-order chi connectivity index (χ1) is 9.52. The Morgan fingerprint density at radius 1 is 1.25 bits per heavy atom. The first-order valence-electron chi connectivity index (χ1n) is 5.67. The number of ether oxygens (including phenoxy) is 1. The molecule has 0 saturated heterocycles. The van der Waals surface area contributed by atoms with Crippen molar-refractivity contribution in [2.45, 2.75) is 13.8 Å². The Balaban J connectivity index is 2.43. The smallest absolute Gasteiger partial charge is 0.272 e. The fourth-order valence-corrected chi connectivity index (χ4v) is 1.66. The molecule has 0 fully saturated rings.